The van der Waals surface area contributed by atoms with Gasteiger partial charge in [0.15, 0.2) is 0 Å². The van der Waals surface area contributed by atoms with Crippen LogP contribution in [0.1, 0.15) is 53.8 Å². The summed E-state index contributed by atoms with van der Waals surface area (Å²) in [7, 11) is 0. The first-order valence-electron chi connectivity index (χ1n) is 8.77. The second-order valence-electron chi connectivity index (χ2n) is 7.00. The highest BCUT2D eigenvalue weighted by Crippen LogP contribution is 2.40. The lowest BCUT2D eigenvalue weighted by Crippen LogP contribution is -2.25. The Labute approximate surface area is 158 Å². The summed E-state index contributed by atoms with van der Waals surface area (Å²) in [6.45, 7) is 3.63. The van der Waals surface area contributed by atoms with Crippen molar-refractivity contribution < 1.29 is 18.0 Å². The molecule has 1 amide bonds. The Morgan fingerprint density at radius 3 is 2.82 bits per heavy atom. The first-order valence-corrected chi connectivity index (χ1v) is 8.77. The monoisotopic (exact) mass is 388 g/mol. The predicted octanol–water partition coefficient (Wildman–Crippen LogP) is 3.15. The Hall–Kier alpha value is -3.17. The van der Waals surface area contributed by atoms with Crippen molar-refractivity contribution in [1.29, 1.82) is 0 Å². The van der Waals surface area contributed by atoms with Gasteiger partial charge in [0, 0.05) is 11.7 Å². The van der Waals surface area contributed by atoms with Gasteiger partial charge in [-0.2, -0.15) is 0 Å². The number of anilines is 1. The van der Waals surface area contributed by atoms with Crippen molar-refractivity contribution >= 4 is 22.8 Å². The molecule has 10 heteroatoms. The number of nitrogens with zero attached hydrogens (tertiary/aromatic N) is 4. The van der Waals surface area contributed by atoms with Crippen LogP contribution >= 0.6 is 0 Å². The number of nitrogens with one attached hydrogen (secondary N) is 2. The molecule has 0 atom stereocenters. The molecule has 1 fully saturated rings. The minimum atomic E-state index is -2.70. The van der Waals surface area contributed by atoms with Gasteiger partial charge in [-0.1, -0.05) is 0 Å². The van der Waals surface area contributed by atoms with Gasteiger partial charge in [0.25, 0.3) is 12.3 Å². The highest BCUT2D eigenvalue weighted by molar-refractivity contribution is 6.10. The highest BCUT2D eigenvalue weighted by Gasteiger charge is 2.38. The molecule has 0 spiro atoms. The second-order valence-corrected chi connectivity index (χ2v) is 7.00. The number of rotatable bonds is 6. The van der Waals surface area contributed by atoms with Crippen LogP contribution in [0, 0.1) is 6.92 Å². The fourth-order valence-corrected chi connectivity index (χ4v) is 2.88. The third kappa shape index (κ3) is 3.49. The largest absolute Gasteiger partial charge is 0.442 e. The number of amides is 1. The zero-order valence-electron chi connectivity index (χ0n) is 15.3. The van der Waals surface area contributed by atoms with Crippen LogP contribution in [0.25, 0.3) is 11.1 Å². The van der Waals surface area contributed by atoms with Crippen molar-refractivity contribution in [3.05, 3.63) is 41.4 Å². The van der Waals surface area contributed by atoms with Crippen LogP contribution in [-0.2, 0) is 6.54 Å². The normalized spacial score (nSPS) is 15.0. The molecule has 0 unspecified atom stereocenters. The van der Waals surface area contributed by atoms with Crippen LogP contribution in [0.15, 0.2) is 23.0 Å². The lowest BCUT2D eigenvalue weighted by Gasteiger charge is -2.13. The zero-order valence-corrected chi connectivity index (χ0v) is 15.3. The van der Waals surface area contributed by atoms with Crippen molar-refractivity contribution in [3.63, 3.8) is 0 Å². The van der Waals surface area contributed by atoms with Crippen LogP contribution in [-0.4, -0.2) is 31.4 Å². The van der Waals surface area contributed by atoms with Crippen LogP contribution < -0.4 is 10.6 Å². The summed E-state index contributed by atoms with van der Waals surface area (Å²) in [4.78, 5) is 28.8. The standard InChI is InChI=1S/C18H18F2N6O2/c1-9-12(16(27)22-7-11-21-6-3-10(25-11)14(19)20)13-15(26-18(2)4-5-18)23-8-24-17(13)28-9/h3,6,8,14H,4-5,7H2,1-2H3,(H,22,27)(H,23,24,26). The number of alkyl halides is 2. The first-order chi connectivity index (χ1) is 13.4. The average molecular weight is 388 g/mol. The number of halogens is 2. The van der Waals surface area contributed by atoms with Gasteiger partial charge >= 0.3 is 0 Å². The number of carbonyl (C=O) groups excluding carboxylic acids is 1. The van der Waals surface area contributed by atoms with E-state index in [2.05, 4.69) is 37.5 Å². The van der Waals surface area contributed by atoms with Crippen molar-refractivity contribution in [2.45, 2.75) is 45.2 Å². The van der Waals surface area contributed by atoms with Gasteiger partial charge in [-0.15, -0.1) is 0 Å². The molecule has 1 aliphatic carbocycles. The summed E-state index contributed by atoms with van der Waals surface area (Å²) in [5, 5.41) is 6.49. The number of hydrogen-bond donors (Lipinski definition) is 2. The predicted molar refractivity (Wildman–Crippen MR) is 96.0 cm³/mol. The Kier molecular flexibility index (Phi) is 4.40. The molecule has 0 saturated heterocycles. The van der Waals surface area contributed by atoms with E-state index in [1.807, 2.05) is 0 Å². The van der Waals surface area contributed by atoms with Crippen LogP contribution in [0.2, 0.25) is 0 Å². The number of aromatic nitrogens is 4. The minimum absolute atomic E-state index is 0.0518. The molecule has 4 rings (SSSR count). The van der Waals surface area contributed by atoms with Crippen molar-refractivity contribution in [3.8, 4) is 0 Å². The molecule has 28 heavy (non-hydrogen) atoms. The zero-order chi connectivity index (χ0) is 19.9. The molecule has 0 bridgehead atoms. The lowest BCUT2D eigenvalue weighted by molar-refractivity contribution is 0.0949. The summed E-state index contributed by atoms with van der Waals surface area (Å²) in [5.41, 5.74) is 0.165. The van der Waals surface area contributed by atoms with E-state index in [0.717, 1.165) is 18.9 Å². The Morgan fingerprint density at radius 2 is 2.11 bits per heavy atom. The maximum Gasteiger partial charge on any atom is 0.280 e. The lowest BCUT2D eigenvalue weighted by atomic mass is 10.1. The molecule has 3 aromatic heterocycles. The number of aryl methyl sites for hydroxylation is 1. The second kappa shape index (κ2) is 6.77. The van der Waals surface area contributed by atoms with Crippen LogP contribution in [0.4, 0.5) is 14.6 Å². The quantitative estimate of drug-likeness (QED) is 0.668. The number of fused-ring (bicyclic) bond motifs is 1. The fraction of sp³-hybridized carbons (Fsp3) is 0.389. The summed E-state index contributed by atoms with van der Waals surface area (Å²) < 4.78 is 31.2. The number of hydrogen-bond acceptors (Lipinski definition) is 7. The Balaban J connectivity index is 1.60. The fourth-order valence-electron chi connectivity index (χ4n) is 2.88. The number of carbonyl (C=O) groups is 1. The van der Waals surface area contributed by atoms with E-state index < -0.39 is 12.3 Å². The molecule has 0 radical (unpaired) electrons. The molecule has 0 aliphatic heterocycles. The molecule has 146 valence electrons. The molecule has 2 N–H and O–H groups in total. The van der Waals surface area contributed by atoms with E-state index in [1.54, 1.807) is 6.92 Å². The topological polar surface area (TPSA) is 106 Å². The van der Waals surface area contributed by atoms with Gasteiger partial charge in [0.05, 0.1) is 17.5 Å². The summed E-state index contributed by atoms with van der Waals surface area (Å²) >= 11 is 0. The van der Waals surface area contributed by atoms with Crippen molar-refractivity contribution in [2.75, 3.05) is 5.32 Å². The molecule has 1 aliphatic rings. The van der Waals surface area contributed by atoms with E-state index in [-0.39, 0.29) is 23.6 Å². The molecule has 8 nitrogen and oxygen atoms in total. The van der Waals surface area contributed by atoms with E-state index in [9.17, 15) is 13.6 Å². The van der Waals surface area contributed by atoms with Crippen LogP contribution in [0.3, 0.4) is 0 Å². The highest BCUT2D eigenvalue weighted by atomic mass is 19.3. The molecular formula is C18H18F2N6O2. The van der Waals surface area contributed by atoms with Gasteiger partial charge in [0.1, 0.15) is 29.4 Å². The van der Waals surface area contributed by atoms with Crippen molar-refractivity contribution in [2.24, 2.45) is 0 Å². The molecule has 3 heterocycles. The van der Waals surface area contributed by atoms with E-state index in [4.69, 9.17) is 4.42 Å². The molecular weight excluding hydrogens is 370 g/mol. The molecule has 3 aromatic rings. The molecule has 1 saturated carbocycles. The van der Waals surface area contributed by atoms with E-state index in [1.165, 1.54) is 12.5 Å². The maximum absolute atomic E-state index is 12.8. The van der Waals surface area contributed by atoms with E-state index in [0.29, 0.717) is 28.2 Å². The first kappa shape index (κ1) is 18.2. The molecule has 0 aromatic carbocycles. The average Bonchev–Trinajstić information content (AvgIpc) is 3.28. The summed E-state index contributed by atoms with van der Waals surface area (Å²) in [6, 6.07) is 1.14. The summed E-state index contributed by atoms with van der Waals surface area (Å²) in [5.74, 6) is 0.569. The summed E-state index contributed by atoms with van der Waals surface area (Å²) in [6.07, 6.45) is 1.93. The van der Waals surface area contributed by atoms with Gasteiger partial charge < -0.3 is 15.1 Å². The van der Waals surface area contributed by atoms with Crippen LogP contribution in [0.5, 0.6) is 0 Å². The SMILES string of the molecule is Cc1oc2ncnc(NC3(C)CC3)c2c1C(=O)NCc1nccc(C(F)F)n1. The van der Waals surface area contributed by atoms with E-state index >= 15 is 0 Å². The van der Waals surface area contributed by atoms with Crippen molar-refractivity contribution in [1.82, 2.24) is 25.3 Å². The Bertz CT molecular complexity index is 1050. The maximum atomic E-state index is 12.8. The third-order valence-corrected chi connectivity index (χ3v) is 4.67. The van der Waals surface area contributed by atoms with Gasteiger partial charge in [-0.3, -0.25) is 4.79 Å². The van der Waals surface area contributed by atoms with Gasteiger partial charge in [-0.25, -0.2) is 28.7 Å². The van der Waals surface area contributed by atoms with Gasteiger partial charge in [0.2, 0.25) is 5.71 Å². The number of furan rings is 1. The smallest absolute Gasteiger partial charge is 0.280 e. The minimum Gasteiger partial charge on any atom is -0.442 e. The Morgan fingerprint density at radius 1 is 1.32 bits per heavy atom. The third-order valence-electron chi connectivity index (χ3n) is 4.67. The van der Waals surface area contributed by atoms with Gasteiger partial charge in [-0.05, 0) is 32.8 Å².